The van der Waals surface area contributed by atoms with Crippen molar-refractivity contribution in [3.8, 4) is 0 Å². The van der Waals surface area contributed by atoms with E-state index in [0.29, 0.717) is 18.8 Å². The van der Waals surface area contributed by atoms with Crippen LogP contribution in [0.4, 0.5) is 0 Å². The number of nitrogens with one attached hydrogen (secondary N) is 1. The summed E-state index contributed by atoms with van der Waals surface area (Å²) in [4.78, 5) is 14.7. The Hall–Kier alpha value is -0.650. The lowest BCUT2D eigenvalue weighted by molar-refractivity contribution is -0.151. The van der Waals surface area contributed by atoms with E-state index in [2.05, 4.69) is 24.1 Å². The lowest BCUT2D eigenvalue weighted by atomic mass is 9.92. The van der Waals surface area contributed by atoms with Crippen LogP contribution in [0, 0.1) is 0 Å². The van der Waals surface area contributed by atoms with E-state index >= 15 is 0 Å². The zero-order valence-corrected chi connectivity index (χ0v) is 14.3. The van der Waals surface area contributed by atoms with Crippen molar-refractivity contribution in [2.24, 2.45) is 0 Å². The van der Waals surface area contributed by atoms with E-state index in [9.17, 15) is 4.79 Å². The number of carbonyl (C=O) groups is 1. The fraction of sp³-hybridized carbons (Fsp3) is 0.938. The molecule has 21 heavy (non-hydrogen) atoms. The van der Waals surface area contributed by atoms with E-state index in [-0.39, 0.29) is 5.97 Å². The summed E-state index contributed by atoms with van der Waals surface area (Å²) in [5.74, 6) is -0.154. The van der Waals surface area contributed by atoms with E-state index in [1.165, 1.54) is 0 Å². The Morgan fingerprint density at radius 1 is 1.48 bits per heavy atom. The van der Waals surface area contributed by atoms with Gasteiger partial charge in [-0.05, 0) is 40.2 Å². The number of hydrogen-bond acceptors (Lipinski definition) is 5. The zero-order chi connectivity index (χ0) is 15.9. The topological polar surface area (TPSA) is 50.8 Å². The second-order valence-electron chi connectivity index (χ2n) is 6.03. The molecule has 124 valence electrons. The molecule has 0 saturated carbocycles. The number of likely N-dealkylation sites (N-methyl/N-ethyl adjacent to an activating group) is 1. The quantitative estimate of drug-likeness (QED) is 0.693. The summed E-state index contributed by atoms with van der Waals surface area (Å²) in [7, 11) is 0. The highest BCUT2D eigenvalue weighted by atomic mass is 16.5. The van der Waals surface area contributed by atoms with Gasteiger partial charge in [0.1, 0.15) is 5.54 Å². The molecular formula is C16H32N2O3. The summed E-state index contributed by atoms with van der Waals surface area (Å²) in [5, 5.41) is 3.31. The van der Waals surface area contributed by atoms with Gasteiger partial charge in [-0.15, -0.1) is 0 Å². The van der Waals surface area contributed by atoms with Crippen molar-refractivity contribution >= 4 is 5.97 Å². The predicted molar refractivity (Wildman–Crippen MR) is 84.4 cm³/mol. The molecule has 0 spiro atoms. The second kappa shape index (κ2) is 8.71. The van der Waals surface area contributed by atoms with Crippen molar-refractivity contribution in [1.29, 1.82) is 0 Å². The molecule has 1 N–H and O–H groups in total. The summed E-state index contributed by atoms with van der Waals surface area (Å²) < 4.78 is 11.0. The maximum atomic E-state index is 12.3. The Balaban J connectivity index is 2.66. The Morgan fingerprint density at radius 3 is 2.76 bits per heavy atom. The van der Waals surface area contributed by atoms with Gasteiger partial charge in [-0.3, -0.25) is 9.69 Å². The minimum absolute atomic E-state index is 0.154. The van der Waals surface area contributed by atoms with Gasteiger partial charge >= 0.3 is 5.97 Å². The van der Waals surface area contributed by atoms with E-state index in [4.69, 9.17) is 9.47 Å². The van der Waals surface area contributed by atoms with Crippen molar-refractivity contribution in [1.82, 2.24) is 10.2 Å². The molecule has 1 fully saturated rings. The highest BCUT2D eigenvalue weighted by molar-refractivity contribution is 5.80. The smallest absolute Gasteiger partial charge is 0.326 e. The van der Waals surface area contributed by atoms with Gasteiger partial charge in [0.15, 0.2) is 0 Å². The van der Waals surface area contributed by atoms with Gasteiger partial charge in [0, 0.05) is 19.1 Å². The van der Waals surface area contributed by atoms with Gasteiger partial charge in [0.25, 0.3) is 0 Å². The molecule has 1 heterocycles. The highest BCUT2D eigenvalue weighted by Crippen LogP contribution is 2.21. The average molecular weight is 300 g/mol. The highest BCUT2D eigenvalue weighted by Gasteiger charge is 2.37. The number of ether oxygens (including phenoxy) is 2. The summed E-state index contributed by atoms with van der Waals surface area (Å²) in [5.41, 5.74) is -0.621. The summed E-state index contributed by atoms with van der Waals surface area (Å²) in [6.07, 6.45) is 2.09. The fourth-order valence-electron chi connectivity index (χ4n) is 3.02. The summed E-state index contributed by atoms with van der Waals surface area (Å²) >= 11 is 0. The van der Waals surface area contributed by atoms with Gasteiger partial charge in [0.05, 0.1) is 19.3 Å². The van der Waals surface area contributed by atoms with Crippen LogP contribution >= 0.6 is 0 Å². The van der Waals surface area contributed by atoms with Gasteiger partial charge in [-0.25, -0.2) is 0 Å². The molecule has 5 heteroatoms. The summed E-state index contributed by atoms with van der Waals surface area (Å²) in [6.45, 7) is 14.0. The molecule has 5 nitrogen and oxygen atoms in total. The van der Waals surface area contributed by atoms with Crippen LogP contribution in [0.15, 0.2) is 0 Å². The van der Waals surface area contributed by atoms with Crippen molar-refractivity contribution in [2.75, 3.05) is 32.8 Å². The number of nitrogens with zero attached hydrogens (tertiary/aromatic N) is 1. The van der Waals surface area contributed by atoms with E-state index < -0.39 is 5.54 Å². The van der Waals surface area contributed by atoms with Crippen LogP contribution in [0.5, 0.6) is 0 Å². The largest absolute Gasteiger partial charge is 0.465 e. The first-order valence-corrected chi connectivity index (χ1v) is 8.24. The molecular weight excluding hydrogens is 268 g/mol. The number of esters is 1. The number of morpholine rings is 1. The SMILES string of the molecule is CCNC(C)(CC(C)N1CCOC(CC)C1)C(=O)OCC. The van der Waals surface area contributed by atoms with Crippen molar-refractivity contribution < 1.29 is 14.3 Å². The molecule has 1 saturated heterocycles. The summed E-state index contributed by atoms with van der Waals surface area (Å²) in [6, 6.07) is 0.316. The Kier molecular flexibility index (Phi) is 7.63. The van der Waals surface area contributed by atoms with Crippen LogP contribution in [-0.2, 0) is 14.3 Å². The zero-order valence-electron chi connectivity index (χ0n) is 14.3. The fourth-order valence-corrected chi connectivity index (χ4v) is 3.02. The minimum atomic E-state index is -0.621. The number of hydrogen-bond donors (Lipinski definition) is 1. The molecule has 0 aromatic rings. The van der Waals surface area contributed by atoms with Crippen molar-refractivity contribution in [2.45, 2.75) is 65.1 Å². The van der Waals surface area contributed by atoms with Crippen LogP contribution in [0.3, 0.4) is 0 Å². The van der Waals surface area contributed by atoms with Gasteiger partial charge in [0.2, 0.25) is 0 Å². The van der Waals surface area contributed by atoms with Crippen molar-refractivity contribution in [3.63, 3.8) is 0 Å². The van der Waals surface area contributed by atoms with E-state index in [1.807, 2.05) is 20.8 Å². The molecule has 0 radical (unpaired) electrons. The maximum absolute atomic E-state index is 12.3. The molecule has 0 aliphatic carbocycles. The normalized spacial score (nSPS) is 24.3. The minimum Gasteiger partial charge on any atom is -0.465 e. The van der Waals surface area contributed by atoms with Crippen LogP contribution in [0.1, 0.15) is 47.5 Å². The van der Waals surface area contributed by atoms with Crippen molar-refractivity contribution in [3.05, 3.63) is 0 Å². The predicted octanol–water partition coefficient (Wildman–Crippen LogP) is 1.81. The third kappa shape index (κ3) is 5.24. The van der Waals surface area contributed by atoms with Gasteiger partial charge < -0.3 is 14.8 Å². The van der Waals surface area contributed by atoms with Gasteiger partial charge in [-0.2, -0.15) is 0 Å². The van der Waals surface area contributed by atoms with E-state index in [1.54, 1.807) is 0 Å². The van der Waals surface area contributed by atoms with Gasteiger partial charge in [-0.1, -0.05) is 13.8 Å². The number of rotatable bonds is 8. The first-order chi connectivity index (χ1) is 9.96. The van der Waals surface area contributed by atoms with Crippen LogP contribution in [0.2, 0.25) is 0 Å². The molecule has 1 aliphatic rings. The molecule has 0 aromatic carbocycles. The Labute approximate surface area is 129 Å². The molecule has 0 amide bonds. The lowest BCUT2D eigenvalue weighted by Crippen LogP contribution is -2.56. The third-order valence-electron chi connectivity index (χ3n) is 4.25. The average Bonchev–Trinajstić information content (AvgIpc) is 2.47. The van der Waals surface area contributed by atoms with E-state index in [0.717, 1.165) is 39.1 Å². The molecule has 3 unspecified atom stereocenters. The Bertz CT molecular complexity index is 325. The molecule has 1 rings (SSSR count). The molecule has 3 atom stereocenters. The molecule has 0 bridgehead atoms. The molecule has 1 aliphatic heterocycles. The first kappa shape index (κ1) is 18.4. The monoisotopic (exact) mass is 300 g/mol. The first-order valence-electron chi connectivity index (χ1n) is 8.24. The van der Waals surface area contributed by atoms with Crippen LogP contribution in [-0.4, -0.2) is 61.4 Å². The number of carbonyl (C=O) groups excluding carboxylic acids is 1. The third-order valence-corrected chi connectivity index (χ3v) is 4.25. The second-order valence-corrected chi connectivity index (χ2v) is 6.03. The maximum Gasteiger partial charge on any atom is 0.326 e. The standard InChI is InChI=1S/C16H32N2O3/c1-6-14-12-18(9-10-21-14)13(4)11-16(5,17-7-2)15(19)20-8-3/h13-14,17H,6-12H2,1-5H3. The lowest BCUT2D eigenvalue weighted by Gasteiger charge is -2.40. The molecule has 0 aromatic heterocycles. The van der Waals surface area contributed by atoms with Crippen LogP contribution in [0.25, 0.3) is 0 Å². The van der Waals surface area contributed by atoms with Crippen LogP contribution < -0.4 is 5.32 Å². The Morgan fingerprint density at radius 2 is 2.19 bits per heavy atom.